The number of aromatic carboxylic acids is 1. The molecule has 0 amide bonds. The summed E-state index contributed by atoms with van der Waals surface area (Å²) < 4.78 is 0. The smallest absolute Gasteiger partial charge is 0.347 e. The molecule has 2 rings (SSSR count). The second-order valence-corrected chi connectivity index (χ2v) is 5.56. The number of allylic oxidation sites excluding steroid dienone is 1. The van der Waals surface area contributed by atoms with Crippen molar-refractivity contribution in [2.75, 3.05) is 0 Å². The van der Waals surface area contributed by atoms with Gasteiger partial charge in [0.1, 0.15) is 9.88 Å². The lowest BCUT2D eigenvalue weighted by atomic mass is 9.89. The molecule has 92 valence electrons. The summed E-state index contributed by atoms with van der Waals surface area (Å²) in [5.74, 6) is -0.224. The summed E-state index contributed by atoms with van der Waals surface area (Å²) in [7, 11) is 0. The summed E-state index contributed by atoms with van der Waals surface area (Å²) in [6.45, 7) is 1.75. The number of hydrogen-bond donors (Lipinski definition) is 1. The highest BCUT2D eigenvalue weighted by atomic mass is 32.1. The molecule has 4 heteroatoms. The zero-order chi connectivity index (χ0) is 12.3. The summed E-state index contributed by atoms with van der Waals surface area (Å²) >= 11 is 1.26. The van der Waals surface area contributed by atoms with Gasteiger partial charge in [-0.3, -0.25) is 0 Å². The molecule has 1 heterocycles. The van der Waals surface area contributed by atoms with Gasteiger partial charge in [0.05, 0.1) is 5.69 Å². The van der Waals surface area contributed by atoms with Crippen LogP contribution in [0.5, 0.6) is 0 Å². The van der Waals surface area contributed by atoms with Crippen molar-refractivity contribution in [1.29, 1.82) is 0 Å². The molecule has 1 N–H and O–H groups in total. The van der Waals surface area contributed by atoms with Crippen LogP contribution in [0.25, 0.3) is 6.08 Å². The SMILES string of the molecule is Cc1nc(/C=C/C2CCCCC2)sc1C(=O)O. The Hall–Kier alpha value is -1.16. The first-order valence-corrected chi connectivity index (χ1v) is 6.87. The van der Waals surface area contributed by atoms with E-state index in [0.717, 1.165) is 5.01 Å². The Kier molecular flexibility index (Phi) is 3.94. The third kappa shape index (κ3) is 3.16. The van der Waals surface area contributed by atoms with Gasteiger partial charge in [0, 0.05) is 0 Å². The van der Waals surface area contributed by atoms with Gasteiger partial charge < -0.3 is 5.11 Å². The van der Waals surface area contributed by atoms with E-state index in [1.54, 1.807) is 6.92 Å². The second-order valence-electron chi connectivity index (χ2n) is 4.53. The normalized spacial score (nSPS) is 17.7. The Balaban J connectivity index is 2.05. The molecule has 1 aliphatic rings. The average molecular weight is 251 g/mol. The van der Waals surface area contributed by atoms with Crippen LogP contribution in [0.3, 0.4) is 0 Å². The van der Waals surface area contributed by atoms with E-state index < -0.39 is 5.97 Å². The van der Waals surface area contributed by atoms with Crippen LogP contribution in [0, 0.1) is 12.8 Å². The van der Waals surface area contributed by atoms with Crippen molar-refractivity contribution in [2.45, 2.75) is 39.0 Å². The molecule has 0 radical (unpaired) electrons. The summed E-state index contributed by atoms with van der Waals surface area (Å²) in [5.41, 5.74) is 0.616. The first-order valence-electron chi connectivity index (χ1n) is 6.06. The second kappa shape index (κ2) is 5.45. The van der Waals surface area contributed by atoms with E-state index in [1.165, 1.54) is 43.4 Å². The fourth-order valence-electron chi connectivity index (χ4n) is 2.23. The van der Waals surface area contributed by atoms with Crippen LogP contribution in [-0.2, 0) is 0 Å². The molecule has 0 spiro atoms. The van der Waals surface area contributed by atoms with Crippen LogP contribution in [0.1, 0.15) is 52.5 Å². The lowest BCUT2D eigenvalue weighted by molar-refractivity contribution is 0.0701. The lowest BCUT2D eigenvalue weighted by Crippen LogP contribution is -2.02. The first-order chi connectivity index (χ1) is 8.16. The molecule has 0 unspecified atom stereocenters. The fourth-order valence-corrected chi connectivity index (χ4v) is 3.05. The highest BCUT2D eigenvalue weighted by Gasteiger charge is 2.13. The van der Waals surface area contributed by atoms with Gasteiger partial charge in [0.2, 0.25) is 0 Å². The van der Waals surface area contributed by atoms with E-state index in [2.05, 4.69) is 11.1 Å². The Labute approximate surface area is 105 Å². The Morgan fingerprint density at radius 2 is 2.12 bits per heavy atom. The van der Waals surface area contributed by atoms with Gasteiger partial charge in [-0.05, 0) is 31.8 Å². The maximum absolute atomic E-state index is 10.9. The van der Waals surface area contributed by atoms with Gasteiger partial charge in [-0.25, -0.2) is 9.78 Å². The van der Waals surface area contributed by atoms with Crippen molar-refractivity contribution in [2.24, 2.45) is 5.92 Å². The van der Waals surface area contributed by atoms with E-state index in [9.17, 15) is 4.79 Å². The summed E-state index contributed by atoms with van der Waals surface area (Å²) in [6.07, 6.45) is 10.7. The van der Waals surface area contributed by atoms with E-state index in [1.807, 2.05) is 6.08 Å². The molecule has 3 nitrogen and oxygen atoms in total. The van der Waals surface area contributed by atoms with E-state index in [0.29, 0.717) is 16.5 Å². The van der Waals surface area contributed by atoms with Crippen molar-refractivity contribution < 1.29 is 9.90 Å². The van der Waals surface area contributed by atoms with Crippen molar-refractivity contribution >= 4 is 23.4 Å². The molecule has 1 fully saturated rings. The molecule has 0 atom stereocenters. The van der Waals surface area contributed by atoms with Crippen LogP contribution in [0.4, 0.5) is 0 Å². The molecule has 0 bridgehead atoms. The Morgan fingerprint density at radius 3 is 2.71 bits per heavy atom. The summed E-state index contributed by atoms with van der Waals surface area (Å²) in [5, 5.41) is 9.75. The Morgan fingerprint density at radius 1 is 1.41 bits per heavy atom. The highest BCUT2D eigenvalue weighted by Crippen LogP contribution is 2.26. The average Bonchev–Trinajstić information content (AvgIpc) is 2.69. The predicted octanol–water partition coefficient (Wildman–Crippen LogP) is 3.74. The first kappa shape index (κ1) is 12.3. The quantitative estimate of drug-likeness (QED) is 0.890. The summed E-state index contributed by atoms with van der Waals surface area (Å²) in [6, 6.07) is 0. The van der Waals surface area contributed by atoms with Gasteiger partial charge in [-0.15, -0.1) is 11.3 Å². The third-order valence-corrected chi connectivity index (χ3v) is 4.28. The minimum atomic E-state index is -0.877. The van der Waals surface area contributed by atoms with E-state index in [-0.39, 0.29) is 0 Å². The highest BCUT2D eigenvalue weighted by molar-refractivity contribution is 7.14. The maximum Gasteiger partial charge on any atom is 0.347 e. The number of rotatable bonds is 3. The number of carbonyl (C=O) groups is 1. The van der Waals surface area contributed by atoms with Crippen molar-refractivity contribution in [1.82, 2.24) is 4.98 Å². The topological polar surface area (TPSA) is 50.2 Å². The zero-order valence-corrected chi connectivity index (χ0v) is 10.8. The van der Waals surface area contributed by atoms with Crippen LogP contribution in [-0.4, -0.2) is 16.1 Å². The van der Waals surface area contributed by atoms with Gasteiger partial charge in [-0.2, -0.15) is 0 Å². The molecule has 1 saturated carbocycles. The van der Waals surface area contributed by atoms with Crippen LogP contribution >= 0.6 is 11.3 Å². The molecule has 1 aromatic heterocycles. The van der Waals surface area contributed by atoms with E-state index >= 15 is 0 Å². The maximum atomic E-state index is 10.9. The zero-order valence-electron chi connectivity index (χ0n) is 9.98. The van der Waals surface area contributed by atoms with Gasteiger partial charge in [0.25, 0.3) is 0 Å². The number of hydrogen-bond acceptors (Lipinski definition) is 3. The van der Waals surface area contributed by atoms with Gasteiger partial charge in [0.15, 0.2) is 0 Å². The fraction of sp³-hybridized carbons (Fsp3) is 0.538. The number of aromatic nitrogens is 1. The van der Waals surface area contributed by atoms with Gasteiger partial charge >= 0.3 is 5.97 Å². The number of carboxylic acid groups (broad SMARTS) is 1. The monoisotopic (exact) mass is 251 g/mol. The number of carboxylic acids is 1. The molecule has 0 saturated heterocycles. The molecule has 0 aliphatic heterocycles. The molecular weight excluding hydrogens is 234 g/mol. The van der Waals surface area contributed by atoms with Crippen LogP contribution in [0.2, 0.25) is 0 Å². The van der Waals surface area contributed by atoms with Gasteiger partial charge in [-0.1, -0.05) is 25.3 Å². The standard InChI is InChI=1S/C13H17NO2S/c1-9-12(13(15)16)17-11(14-9)8-7-10-5-3-2-4-6-10/h7-8,10H,2-6H2,1H3,(H,15,16)/b8-7+. The molecular formula is C13H17NO2S. The number of thiazole rings is 1. The Bertz CT molecular complexity index is 431. The van der Waals surface area contributed by atoms with Crippen LogP contribution in [0.15, 0.2) is 6.08 Å². The largest absolute Gasteiger partial charge is 0.477 e. The predicted molar refractivity (Wildman–Crippen MR) is 69.4 cm³/mol. The van der Waals surface area contributed by atoms with Crippen molar-refractivity contribution in [3.63, 3.8) is 0 Å². The minimum Gasteiger partial charge on any atom is -0.477 e. The summed E-state index contributed by atoms with van der Waals surface area (Å²) in [4.78, 5) is 15.5. The minimum absolute atomic E-state index is 0.355. The van der Waals surface area contributed by atoms with Crippen molar-refractivity contribution in [3.05, 3.63) is 21.7 Å². The van der Waals surface area contributed by atoms with Crippen molar-refractivity contribution in [3.8, 4) is 0 Å². The lowest BCUT2D eigenvalue weighted by Gasteiger charge is -2.17. The molecule has 1 aromatic rings. The molecule has 0 aromatic carbocycles. The van der Waals surface area contributed by atoms with Crippen LogP contribution < -0.4 is 0 Å². The molecule has 1 aliphatic carbocycles. The number of aryl methyl sites for hydroxylation is 1. The number of nitrogens with zero attached hydrogens (tertiary/aromatic N) is 1. The van der Waals surface area contributed by atoms with E-state index in [4.69, 9.17) is 5.11 Å². The third-order valence-electron chi connectivity index (χ3n) is 3.17. The molecule has 17 heavy (non-hydrogen) atoms.